The molecule has 0 rings (SSSR count). The third-order valence-electron chi connectivity index (χ3n) is 5.33. The van der Waals surface area contributed by atoms with Crippen molar-refractivity contribution < 1.29 is 66.2 Å². The molecule has 4 N–H and O–H groups in total. The van der Waals surface area contributed by atoms with Crippen LogP contribution in [0, 0.1) is 26.2 Å². The summed E-state index contributed by atoms with van der Waals surface area (Å²) in [5.41, 5.74) is 4.14. The molecule has 0 heterocycles. The molecule has 0 aromatic rings. The Balaban J connectivity index is -0.000000300. The molecular weight excluding hydrogens is 507 g/mol. The van der Waals surface area contributed by atoms with Gasteiger partial charge in [-0.25, -0.2) is 8.42 Å². The fraction of sp³-hybridized carbons (Fsp3) is 0.840. The van der Waals surface area contributed by atoms with Crippen LogP contribution in [-0.2, 0) is 19.7 Å². The summed E-state index contributed by atoms with van der Waals surface area (Å²) in [6.07, 6.45) is -0.663. The average Bonchev–Trinajstić information content (AvgIpc) is 2.52. The summed E-state index contributed by atoms with van der Waals surface area (Å²) in [5.74, 6) is -1.81. The van der Waals surface area contributed by atoms with E-state index in [4.69, 9.17) is 5.73 Å². The van der Waals surface area contributed by atoms with Gasteiger partial charge in [-0.3, -0.25) is 9.59 Å². The minimum absolute atomic E-state index is 0. The average molecular weight is 569 g/mol. The Labute approximate surface area is 253 Å². The van der Waals surface area contributed by atoms with Crippen molar-refractivity contribution in [2.75, 3.05) is 55.0 Å². The molecule has 3 unspecified atom stereocenters. The summed E-state index contributed by atoms with van der Waals surface area (Å²) < 4.78 is 36.3. The smallest absolute Gasteiger partial charge is 0.748 e. The van der Waals surface area contributed by atoms with E-state index in [1.54, 1.807) is 20.8 Å². The number of primary amides is 1. The predicted molar refractivity (Wildman–Crippen MR) is 151 cm³/mol. The molecule has 0 saturated carbocycles. The quantitative estimate of drug-likeness (QED) is 0.0825. The number of carbonyl (C=O) groups excluding carboxylic acids is 2. The summed E-state index contributed by atoms with van der Waals surface area (Å²) in [6, 6.07) is 0. The Hall–Kier alpha value is -0.270. The molecule has 10 nitrogen and oxygen atoms in total. The number of carbonyl (C=O) groups is 2. The van der Waals surface area contributed by atoms with E-state index in [0.717, 1.165) is 0 Å². The van der Waals surface area contributed by atoms with Gasteiger partial charge in [0.15, 0.2) is 12.8 Å². The van der Waals surface area contributed by atoms with E-state index in [2.05, 4.69) is 5.32 Å². The Morgan fingerprint density at radius 3 is 1.78 bits per heavy atom. The number of hydrogen-bond donors (Lipinski definition) is 3. The van der Waals surface area contributed by atoms with Crippen molar-refractivity contribution in [3.8, 4) is 0 Å². The van der Waals surface area contributed by atoms with Gasteiger partial charge < -0.3 is 44.5 Å². The molecule has 0 saturated heterocycles. The minimum atomic E-state index is -4.72. The van der Waals surface area contributed by atoms with Crippen molar-refractivity contribution >= 4 is 21.9 Å². The molecular formula is C25H61N4NaO6S. The molecule has 0 aromatic heterocycles. The maximum Gasteiger partial charge on any atom is 1.00 e. The van der Waals surface area contributed by atoms with Crippen molar-refractivity contribution in [2.45, 2.75) is 73.7 Å². The molecule has 0 aromatic carbocycles. The minimum Gasteiger partial charge on any atom is -0.748 e. The first-order valence-electron chi connectivity index (χ1n) is 10.5. The molecule has 2 amide bonds. The summed E-state index contributed by atoms with van der Waals surface area (Å²) >= 11 is 0. The van der Waals surface area contributed by atoms with Crippen LogP contribution in [0.2, 0.25) is 0 Å². The van der Waals surface area contributed by atoms with Crippen LogP contribution in [0.15, 0.2) is 0 Å². The summed E-state index contributed by atoms with van der Waals surface area (Å²) in [7, 11) is 4.96. The molecule has 0 aliphatic carbocycles. The third kappa shape index (κ3) is 22.3. The number of amides is 2. The number of quaternary nitrogens is 2. The molecule has 0 radical (unpaired) electrons. The van der Waals surface area contributed by atoms with Crippen molar-refractivity contribution in [1.29, 1.82) is 0 Å². The number of nitrogens with two attached hydrogens (primary N) is 1. The van der Waals surface area contributed by atoms with Crippen LogP contribution in [0.25, 0.3) is 0 Å². The van der Waals surface area contributed by atoms with Gasteiger partial charge in [0, 0.05) is 11.3 Å². The molecule has 0 spiro atoms. The zero-order valence-electron chi connectivity index (χ0n) is 23.3. The molecule has 37 heavy (non-hydrogen) atoms. The van der Waals surface area contributed by atoms with Gasteiger partial charge >= 0.3 is 29.6 Å². The van der Waals surface area contributed by atoms with Crippen LogP contribution >= 0.6 is 0 Å². The second kappa shape index (κ2) is 20.6. The van der Waals surface area contributed by atoms with Crippen LogP contribution < -0.4 is 40.6 Å². The predicted octanol–water partition coefficient (Wildman–Crippen LogP) is -0.752. The largest absolute Gasteiger partial charge is 1.00 e. The fourth-order valence-corrected chi connectivity index (χ4v) is 4.71. The summed E-state index contributed by atoms with van der Waals surface area (Å²) in [5, 5.41) is 11.7. The van der Waals surface area contributed by atoms with Crippen molar-refractivity contribution in [1.82, 2.24) is 5.32 Å². The number of nitrogens with zero attached hydrogens (tertiary/aromatic N) is 2. The van der Waals surface area contributed by atoms with Gasteiger partial charge in [0.05, 0.1) is 50.6 Å². The number of hydrogen-bond acceptors (Lipinski definition) is 6. The van der Waals surface area contributed by atoms with Crippen LogP contribution in [0.5, 0.6) is 0 Å². The fourth-order valence-electron chi connectivity index (χ4n) is 3.62. The van der Waals surface area contributed by atoms with E-state index < -0.39 is 44.6 Å². The molecule has 3 atom stereocenters. The van der Waals surface area contributed by atoms with Crippen LogP contribution in [-0.4, -0.2) is 105 Å². The van der Waals surface area contributed by atoms with Crippen LogP contribution in [0.1, 0.15) is 62.3 Å². The molecule has 12 heteroatoms. The molecule has 0 fully saturated rings. The monoisotopic (exact) mass is 568 g/mol. The number of aliphatic hydroxyl groups is 1. The first kappa shape index (κ1) is 53.1. The third-order valence-corrected chi connectivity index (χ3v) is 6.51. The van der Waals surface area contributed by atoms with E-state index in [0.29, 0.717) is 28.5 Å². The van der Waals surface area contributed by atoms with E-state index >= 15 is 0 Å². The Morgan fingerprint density at radius 1 is 1.03 bits per heavy atom. The standard InChI is InChI=1S/C20H42N4O6S.3CH4.2CH3.Na/c1-9-15(18(21)26)10-17(31(28,29)30)11-20(2,3)19(27)22-14-24(7,8)13-16(25)12-23(4,5)6;;;;;;/h15-17,25H,9-14H2,1-8H3,(H2-2,21,22,26,27,28,29,30);3*1H4;2*1H3;/q;;;;2*-1;+1/p+1. The summed E-state index contributed by atoms with van der Waals surface area (Å²) in [4.78, 5) is 24.3. The van der Waals surface area contributed by atoms with Gasteiger partial charge in [0.25, 0.3) is 0 Å². The Morgan fingerprint density at radius 2 is 1.46 bits per heavy atom. The first-order chi connectivity index (χ1) is 13.7. The van der Waals surface area contributed by atoms with Gasteiger partial charge in [-0.2, -0.15) is 0 Å². The molecule has 0 bridgehead atoms. The second-order valence-electron chi connectivity index (χ2n) is 10.9. The van der Waals surface area contributed by atoms with Crippen LogP contribution in [0.3, 0.4) is 0 Å². The zero-order valence-corrected chi connectivity index (χ0v) is 26.2. The molecule has 0 aliphatic rings. The van der Waals surface area contributed by atoms with Gasteiger partial charge in [-0.05, 0) is 19.3 Å². The number of likely N-dealkylation sites (N-methyl/N-ethyl adjacent to an activating group) is 2. The van der Waals surface area contributed by atoms with E-state index in [1.165, 1.54) is 0 Å². The van der Waals surface area contributed by atoms with E-state index in [9.17, 15) is 27.7 Å². The van der Waals surface area contributed by atoms with Crippen molar-refractivity contribution in [2.24, 2.45) is 17.1 Å². The first-order valence-corrected chi connectivity index (χ1v) is 12.0. The van der Waals surface area contributed by atoms with E-state index in [1.807, 2.05) is 35.2 Å². The molecule has 0 aliphatic heterocycles. The van der Waals surface area contributed by atoms with Gasteiger partial charge in [0.1, 0.15) is 13.1 Å². The maximum absolute atomic E-state index is 12.8. The van der Waals surface area contributed by atoms with E-state index in [-0.39, 0.29) is 86.2 Å². The topological polar surface area (TPSA) is 150 Å². The number of aliphatic hydroxyl groups excluding tert-OH is 1. The normalized spacial score (nSPS) is 13.8. The summed E-state index contributed by atoms with van der Waals surface area (Å²) in [6.45, 7) is 6.03. The Kier molecular flexibility index (Phi) is 29.5. The SMILES string of the molecule is C.C.C.CCC(CC(CC(C)(C)C(=O)NC[N+](C)(C)CC(O)C[N+](C)(C)C)S(=O)(=O)[O-])C(N)=O.[CH3-].[CH3-].[Na+]. The van der Waals surface area contributed by atoms with Gasteiger partial charge in [0.2, 0.25) is 11.8 Å². The van der Waals surface area contributed by atoms with Crippen LogP contribution in [0.4, 0.5) is 0 Å². The number of rotatable bonds is 14. The van der Waals surface area contributed by atoms with Gasteiger partial charge in [-0.1, -0.05) is 43.1 Å². The Bertz CT molecular complexity index is 725. The van der Waals surface area contributed by atoms with Crippen molar-refractivity contribution in [3.05, 3.63) is 14.9 Å². The second-order valence-corrected chi connectivity index (χ2v) is 12.5. The molecule has 224 valence electrons. The zero-order chi connectivity index (χ0) is 24.8. The van der Waals surface area contributed by atoms with Gasteiger partial charge in [-0.15, -0.1) is 0 Å². The number of nitrogens with one attached hydrogen (secondary N) is 1. The van der Waals surface area contributed by atoms with Crippen molar-refractivity contribution in [3.63, 3.8) is 0 Å². The maximum atomic E-state index is 12.8.